The fraction of sp³-hybridized carbons (Fsp3) is 0.688. The maximum absolute atomic E-state index is 10.5. The molecule has 4 nitrogen and oxygen atoms in total. The van der Waals surface area contributed by atoms with E-state index in [-0.39, 0.29) is 12.5 Å². The highest BCUT2D eigenvalue weighted by Crippen LogP contribution is 2.33. The van der Waals surface area contributed by atoms with Crippen LogP contribution < -0.4 is 0 Å². The van der Waals surface area contributed by atoms with Crippen LogP contribution in [0.1, 0.15) is 44.0 Å². The average molecular weight is 311 g/mol. The van der Waals surface area contributed by atoms with Crippen molar-refractivity contribution in [2.24, 2.45) is 5.92 Å². The lowest BCUT2D eigenvalue weighted by atomic mass is 9.97. The molecule has 1 saturated heterocycles. The van der Waals surface area contributed by atoms with E-state index in [0.717, 1.165) is 25.9 Å². The summed E-state index contributed by atoms with van der Waals surface area (Å²) in [4.78, 5) is 14.5. The Bertz CT molecular complexity index is 425. The van der Waals surface area contributed by atoms with Crippen molar-refractivity contribution >= 4 is 17.3 Å². The minimum Gasteiger partial charge on any atom is -0.481 e. The Morgan fingerprint density at radius 3 is 2.71 bits per heavy atom. The summed E-state index contributed by atoms with van der Waals surface area (Å²) in [7, 11) is 0. The van der Waals surface area contributed by atoms with Gasteiger partial charge < -0.3 is 9.84 Å². The van der Waals surface area contributed by atoms with Gasteiger partial charge in [0, 0.05) is 24.0 Å². The predicted octanol–water partition coefficient (Wildman–Crippen LogP) is 3.40. The molecular formula is C16H25NO3S. The van der Waals surface area contributed by atoms with Crippen LogP contribution in [0.15, 0.2) is 17.5 Å². The molecule has 1 N–H and O–H groups in total. The number of ether oxygens (including phenoxy) is 1. The number of carboxylic acids is 1. The molecule has 21 heavy (non-hydrogen) atoms. The number of nitrogens with zero attached hydrogens (tertiary/aromatic N) is 1. The molecule has 1 aromatic heterocycles. The summed E-state index contributed by atoms with van der Waals surface area (Å²) < 4.78 is 5.67. The Labute approximate surface area is 130 Å². The summed E-state index contributed by atoms with van der Waals surface area (Å²) in [6.07, 6.45) is 2.31. The van der Waals surface area contributed by atoms with Gasteiger partial charge in [-0.2, -0.15) is 0 Å². The third-order valence-corrected chi connectivity index (χ3v) is 4.95. The maximum Gasteiger partial charge on any atom is 0.305 e. The number of carbonyl (C=O) groups is 1. The lowest BCUT2D eigenvalue weighted by molar-refractivity contribution is -0.139. The largest absolute Gasteiger partial charge is 0.481 e. The van der Waals surface area contributed by atoms with Crippen LogP contribution in [-0.4, -0.2) is 41.8 Å². The molecule has 0 radical (unpaired) electrons. The van der Waals surface area contributed by atoms with Gasteiger partial charge in [0.15, 0.2) is 0 Å². The Kier molecular flexibility index (Phi) is 6.21. The van der Waals surface area contributed by atoms with Gasteiger partial charge in [0.05, 0.1) is 19.1 Å². The van der Waals surface area contributed by atoms with Crippen molar-refractivity contribution in [3.05, 3.63) is 22.4 Å². The standard InChI is InChI=1S/C16H25NO3S/c1-12(2)16(14-4-3-11-21-14)17-8-5-13(6-9-17)20-10-7-15(18)19/h3-4,11-13,16H,5-10H2,1-2H3,(H,18,19). The van der Waals surface area contributed by atoms with E-state index in [4.69, 9.17) is 9.84 Å². The molecule has 0 spiro atoms. The molecule has 1 unspecified atom stereocenters. The highest BCUT2D eigenvalue weighted by molar-refractivity contribution is 7.10. The van der Waals surface area contributed by atoms with E-state index in [2.05, 4.69) is 36.3 Å². The van der Waals surface area contributed by atoms with E-state index in [9.17, 15) is 4.79 Å². The summed E-state index contributed by atoms with van der Waals surface area (Å²) in [6.45, 7) is 6.94. The normalized spacial score (nSPS) is 19.0. The molecule has 1 aromatic rings. The summed E-state index contributed by atoms with van der Waals surface area (Å²) in [5, 5.41) is 10.8. The van der Waals surface area contributed by atoms with Gasteiger partial charge in [0.2, 0.25) is 0 Å². The number of rotatable bonds is 7. The molecule has 2 heterocycles. The van der Waals surface area contributed by atoms with E-state index < -0.39 is 5.97 Å². The molecule has 118 valence electrons. The van der Waals surface area contributed by atoms with Crippen LogP contribution in [0, 0.1) is 5.92 Å². The van der Waals surface area contributed by atoms with Crippen molar-refractivity contribution < 1.29 is 14.6 Å². The maximum atomic E-state index is 10.5. The van der Waals surface area contributed by atoms with Crippen molar-refractivity contribution in [3.8, 4) is 0 Å². The summed E-state index contributed by atoms with van der Waals surface area (Å²) in [5.41, 5.74) is 0. The summed E-state index contributed by atoms with van der Waals surface area (Å²) in [6, 6.07) is 4.84. The topological polar surface area (TPSA) is 49.8 Å². The molecule has 0 bridgehead atoms. The van der Waals surface area contributed by atoms with Gasteiger partial charge in [0.25, 0.3) is 0 Å². The number of aliphatic carboxylic acids is 1. The van der Waals surface area contributed by atoms with Crippen LogP contribution >= 0.6 is 11.3 Å². The van der Waals surface area contributed by atoms with Crippen molar-refractivity contribution in [2.75, 3.05) is 19.7 Å². The second-order valence-electron chi connectivity index (χ2n) is 5.95. The van der Waals surface area contributed by atoms with Crippen LogP contribution in [-0.2, 0) is 9.53 Å². The fourth-order valence-electron chi connectivity index (χ4n) is 3.02. The first-order chi connectivity index (χ1) is 10.1. The number of likely N-dealkylation sites (tertiary alicyclic amines) is 1. The molecular weight excluding hydrogens is 286 g/mol. The van der Waals surface area contributed by atoms with E-state index in [1.807, 2.05) is 11.3 Å². The molecule has 5 heteroatoms. The van der Waals surface area contributed by atoms with E-state index in [1.54, 1.807) is 0 Å². The van der Waals surface area contributed by atoms with Crippen molar-refractivity contribution in [1.29, 1.82) is 0 Å². The van der Waals surface area contributed by atoms with Crippen molar-refractivity contribution in [2.45, 2.75) is 45.3 Å². The number of hydrogen-bond donors (Lipinski definition) is 1. The van der Waals surface area contributed by atoms with Gasteiger partial charge in [-0.15, -0.1) is 11.3 Å². The molecule has 0 amide bonds. The Morgan fingerprint density at radius 1 is 1.48 bits per heavy atom. The highest BCUT2D eigenvalue weighted by atomic mass is 32.1. The second kappa shape index (κ2) is 7.92. The zero-order valence-electron chi connectivity index (χ0n) is 12.8. The van der Waals surface area contributed by atoms with Crippen molar-refractivity contribution in [3.63, 3.8) is 0 Å². The molecule has 1 fully saturated rings. The molecule has 1 aliphatic heterocycles. The molecule has 2 rings (SSSR count). The molecule has 0 aromatic carbocycles. The number of piperidine rings is 1. The highest BCUT2D eigenvalue weighted by Gasteiger charge is 2.28. The van der Waals surface area contributed by atoms with Crippen molar-refractivity contribution in [1.82, 2.24) is 4.90 Å². The first-order valence-electron chi connectivity index (χ1n) is 7.68. The zero-order chi connectivity index (χ0) is 15.2. The Hall–Kier alpha value is -0.910. The first-order valence-corrected chi connectivity index (χ1v) is 8.56. The first kappa shape index (κ1) is 16.5. The van der Waals surface area contributed by atoms with Crippen LogP contribution in [0.5, 0.6) is 0 Å². The SMILES string of the molecule is CC(C)C(c1cccs1)N1CCC(OCCC(=O)O)CC1. The van der Waals surface area contributed by atoms with Gasteiger partial charge in [-0.3, -0.25) is 9.69 Å². The Morgan fingerprint density at radius 2 is 2.19 bits per heavy atom. The van der Waals surface area contributed by atoms with Gasteiger partial charge in [-0.25, -0.2) is 0 Å². The van der Waals surface area contributed by atoms with Crippen LogP contribution in [0.4, 0.5) is 0 Å². The molecule has 0 saturated carbocycles. The van der Waals surface area contributed by atoms with E-state index in [1.165, 1.54) is 4.88 Å². The minimum atomic E-state index is -0.787. The monoisotopic (exact) mass is 311 g/mol. The lowest BCUT2D eigenvalue weighted by Crippen LogP contribution is -2.41. The van der Waals surface area contributed by atoms with E-state index >= 15 is 0 Å². The zero-order valence-corrected chi connectivity index (χ0v) is 13.6. The average Bonchev–Trinajstić information content (AvgIpc) is 2.94. The molecule has 1 atom stereocenters. The van der Waals surface area contributed by atoms with Gasteiger partial charge in [0.1, 0.15) is 0 Å². The number of thiophene rings is 1. The van der Waals surface area contributed by atoms with E-state index in [0.29, 0.717) is 18.6 Å². The van der Waals surface area contributed by atoms with Crippen LogP contribution in [0.3, 0.4) is 0 Å². The molecule has 1 aliphatic rings. The quantitative estimate of drug-likeness (QED) is 0.838. The number of hydrogen-bond acceptors (Lipinski definition) is 4. The fourth-order valence-corrected chi connectivity index (χ4v) is 4.06. The predicted molar refractivity (Wildman–Crippen MR) is 84.7 cm³/mol. The second-order valence-corrected chi connectivity index (χ2v) is 6.93. The minimum absolute atomic E-state index is 0.101. The third-order valence-electron chi connectivity index (χ3n) is 4.01. The van der Waals surface area contributed by atoms with Crippen LogP contribution in [0.25, 0.3) is 0 Å². The van der Waals surface area contributed by atoms with Gasteiger partial charge >= 0.3 is 5.97 Å². The lowest BCUT2D eigenvalue weighted by Gasteiger charge is -2.39. The van der Waals surface area contributed by atoms with Gasteiger partial charge in [-0.1, -0.05) is 19.9 Å². The molecule has 0 aliphatic carbocycles. The summed E-state index contributed by atoms with van der Waals surface area (Å²) >= 11 is 1.83. The van der Waals surface area contributed by atoms with Crippen LogP contribution in [0.2, 0.25) is 0 Å². The summed E-state index contributed by atoms with van der Waals surface area (Å²) in [5.74, 6) is -0.196. The number of carboxylic acid groups (broad SMARTS) is 1. The Balaban J connectivity index is 1.83. The van der Waals surface area contributed by atoms with Gasteiger partial charge in [-0.05, 0) is 30.2 Å². The smallest absolute Gasteiger partial charge is 0.305 e. The third kappa shape index (κ3) is 4.80.